The van der Waals surface area contributed by atoms with Gasteiger partial charge in [0, 0.05) is 47.3 Å². The predicted molar refractivity (Wildman–Crippen MR) is 76.8 cm³/mol. The lowest BCUT2D eigenvalue weighted by Gasteiger charge is -2.05. The standard InChI is InChI=1S/C13H16N2O4S/c1-2-20(19)6-5-15-13(18)11-7-10(8-14-9-11)3-4-12(16)17/h3-4,7-9H,2,5-6H2,1H3,(H,15,18)(H,16,17)/b4-3+. The lowest BCUT2D eigenvalue weighted by atomic mass is 10.2. The molecule has 1 aromatic rings. The number of pyridine rings is 1. The summed E-state index contributed by atoms with van der Waals surface area (Å²) in [6.45, 7) is 2.15. The van der Waals surface area contributed by atoms with Crippen LogP contribution in [-0.4, -0.2) is 44.2 Å². The largest absolute Gasteiger partial charge is 0.478 e. The number of aliphatic carboxylic acids is 1. The molecule has 1 rings (SSSR count). The van der Waals surface area contributed by atoms with Gasteiger partial charge < -0.3 is 10.4 Å². The summed E-state index contributed by atoms with van der Waals surface area (Å²) >= 11 is 0. The van der Waals surface area contributed by atoms with Crippen LogP contribution in [0.25, 0.3) is 6.08 Å². The number of rotatable bonds is 7. The summed E-state index contributed by atoms with van der Waals surface area (Å²) in [5, 5.41) is 11.2. The maximum Gasteiger partial charge on any atom is 0.328 e. The van der Waals surface area contributed by atoms with E-state index >= 15 is 0 Å². The molecule has 1 heterocycles. The number of carboxylic acids is 1. The fourth-order valence-electron chi connectivity index (χ4n) is 1.37. The fraction of sp³-hybridized carbons (Fsp3) is 0.308. The Morgan fingerprint density at radius 2 is 2.20 bits per heavy atom. The van der Waals surface area contributed by atoms with Crippen LogP contribution in [0, 0.1) is 0 Å². The molecule has 1 aromatic heterocycles. The van der Waals surface area contributed by atoms with E-state index in [4.69, 9.17) is 5.11 Å². The van der Waals surface area contributed by atoms with E-state index in [-0.39, 0.29) is 5.91 Å². The van der Waals surface area contributed by atoms with E-state index in [2.05, 4.69) is 10.3 Å². The van der Waals surface area contributed by atoms with Gasteiger partial charge in [0.25, 0.3) is 5.91 Å². The van der Waals surface area contributed by atoms with E-state index in [1.807, 2.05) is 6.92 Å². The third-order valence-electron chi connectivity index (χ3n) is 2.38. The van der Waals surface area contributed by atoms with E-state index in [0.29, 0.717) is 29.2 Å². The molecule has 0 aliphatic carbocycles. The lowest BCUT2D eigenvalue weighted by Crippen LogP contribution is -2.28. The first kappa shape index (κ1) is 16.0. The SMILES string of the molecule is CCS(=O)CCNC(=O)c1cncc(/C=C/C(=O)O)c1. The van der Waals surface area contributed by atoms with Crippen molar-refractivity contribution < 1.29 is 18.9 Å². The van der Waals surface area contributed by atoms with Crippen molar-refractivity contribution in [2.45, 2.75) is 6.92 Å². The van der Waals surface area contributed by atoms with Crippen LogP contribution in [0.2, 0.25) is 0 Å². The number of hydrogen-bond acceptors (Lipinski definition) is 4. The fourth-order valence-corrected chi connectivity index (χ4v) is 1.98. The van der Waals surface area contributed by atoms with Crippen LogP contribution >= 0.6 is 0 Å². The topological polar surface area (TPSA) is 96.4 Å². The quantitative estimate of drug-likeness (QED) is 0.721. The molecular weight excluding hydrogens is 280 g/mol. The second kappa shape index (κ2) is 8.21. The van der Waals surface area contributed by atoms with Gasteiger partial charge in [-0.05, 0) is 17.7 Å². The molecule has 0 saturated carbocycles. The van der Waals surface area contributed by atoms with Crippen molar-refractivity contribution in [2.75, 3.05) is 18.1 Å². The average molecular weight is 296 g/mol. The van der Waals surface area contributed by atoms with Crippen molar-refractivity contribution in [3.8, 4) is 0 Å². The normalized spacial score (nSPS) is 12.2. The molecule has 0 fully saturated rings. The van der Waals surface area contributed by atoms with E-state index < -0.39 is 16.8 Å². The molecule has 6 nitrogen and oxygen atoms in total. The molecule has 20 heavy (non-hydrogen) atoms. The number of nitrogens with zero attached hydrogens (tertiary/aromatic N) is 1. The summed E-state index contributed by atoms with van der Waals surface area (Å²) in [7, 11) is -0.919. The molecule has 108 valence electrons. The first-order chi connectivity index (χ1) is 9.52. The summed E-state index contributed by atoms with van der Waals surface area (Å²) in [6.07, 6.45) is 5.19. The van der Waals surface area contributed by atoms with Gasteiger partial charge in [-0.3, -0.25) is 14.0 Å². The van der Waals surface area contributed by atoms with Crippen molar-refractivity contribution in [3.05, 3.63) is 35.7 Å². The molecule has 1 unspecified atom stereocenters. The first-order valence-electron chi connectivity index (χ1n) is 6.02. The van der Waals surface area contributed by atoms with Crippen molar-refractivity contribution in [1.82, 2.24) is 10.3 Å². The highest BCUT2D eigenvalue weighted by Gasteiger charge is 2.06. The van der Waals surface area contributed by atoms with E-state index in [9.17, 15) is 13.8 Å². The number of carbonyl (C=O) groups excluding carboxylic acids is 1. The Balaban J connectivity index is 2.62. The monoisotopic (exact) mass is 296 g/mol. The van der Waals surface area contributed by atoms with Crippen LogP contribution in [0.5, 0.6) is 0 Å². The molecule has 1 atom stereocenters. The third kappa shape index (κ3) is 5.75. The molecule has 0 spiro atoms. The summed E-state index contributed by atoms with van der Waals surface area (Å²) in [5.41, 5.74) is 0.858. The minimum atomic E-state index is -1.07. The molecule has 0 saturated heterocycles. The predicted octanol–water partition coefficient (Wildman–Crippen LogP) is 0.678. The van der Waals surface area contributed by atoms with E-state index in [1.165, 1.54) is 18.5 Å². The van der Waals surface area contributed by atoms with E-state index in [1.54, 1.807) is 6.07 Å². The minimum Gasteiger partial charge on any atom is -0.478 e. The molecular formula is C13H16N2O4S. The summed E-state index contributed by atoms with van der Waals surface area (Å²) < 4.78 is 11.2. The van der Waals surface area contributed by atoms with Gasteiger partial charge in [0.1, 0.15) is 0 Å². The number of amides is 1. The van der Waals surface area contributed by atoms with Crippen LogP contribution in [0.3, 0.4) is 0 Å². The third-order valence-corrected chi connectivity index (χ3v) is 3.68. The highest BCUT2D eigenvalue weighted by atomic mass is 32.2. The molecule has 0 bridgehead atoms. The van der Waals surface area contributed by atoms with Gasteiger partial charge in [-0.15, -0.1) is 0 Å². The number of aromatic nitrogens is 1. The smallest absolute Gasteiger partial charge is 0.328 e. The Kier molecular flexibility index (Phi) is 6.58. The second-order valence-electron chi connectivity index (χ2n) is 3.87. The van der Waals surface area contributed by atoms with Crippen molar-refractivity contribution in [2.24, 2.45) is 0 Å². The first-order valence-corrected chi connectivity index (χ1v) is 7.51. The maximum atomic E-state index is 11.8. The van der Waals surface area contributed by atoms with Crippen LogP contribution in [0.15, 0.2) is 24.5 Å². The molecule has 0 aliphatic heterocycles. The van der Waals surface area contributed by atoms with Crippen molar-refractivity contribution in [3.63, 3.8) is 0 Å². The Labute approximate surface area is 119 Å². The zero-order valence-electron chi connectivity index (χ0n) is 11.0. The van der Waals surface area contributed by atoms with E-state index in [0.717, 1.165) is 6.08 Å². The van der Waals surface area contributed by atoms with Gasteiger partial charge in [-0.2, -0.15) is 0 Å². The van der Waals surface area contributed by atoms with Crippen molar-refractivity contribution in [1.29, 1.82) is 0 Å². The Hall–Kier alpha value is -2.02. The Bertz CT molecular complexity index is 543. The zero-order chi connectivity index (χ0) is 15.0. The Morgan fingerprint density at radius 1 is 1.45 bits per heavy atom. The van der Waals surface area contributed by atoms with Crippen LogP contribution in [0.4, 0.5) is 0 Å². The Morgan fingerprint density at radius 3 is 2.85 bits per heavy atom. The maximum absolute atomic E-state index is 11.8. The van der Waals surface area contributed by atoms with Gasteiger partial charge in [0.2, 0.25) is 0 Å². The van der Waals surface area contributed by atoms with Crippen LogP contribution < -0.4 is 5.32 Å². The van der Waals surface area contributed by atoms with Crippen LogP contribution in [0.1, 0.15) is 22.8 Å². The number of carbonyl (C=O) groups is 2. The molecule has 0 radical (unpaired) electrons. The molecule has 7 heteroatoms. The molecule has 0 aliphatic rings. The summed E-state index contributed by atoms with van der Waals surface area (Å²) in [6, 6.07) is 1.54. The van der Waals surface area contributed by atoms with Gasteiger partial charge >= 0.3 is 5.97 Å². The van der Waals surface area contributed by atoms with Gasteiger partial charge in [-0.25, -0.2) is 4.79 Å². The second-order valence-corrected chi connectivity index (χ2v) is 5.73. The number of hydrogen-bond donors (Lipinski definition) is 2. The number of nitrogens with one attached hydrogen (secondary N) is 1. The molecule has 1 amide bonds. The van der Waals surface area contributed by atoms with Gasteiger partial charge in [0.15, 0.2) is 0 Å². The average Bonchev–Trinajstić information content (AvgIpc) is 2.45. The highest BCUT2D eigenvalue weighted by Crippen LogP contribution is 2.04. The molecule has 0 aromatic carbocycles. The van der Waals surface area contributed by atoms with Crippen molar-refractivity contribution >= 4 is 28.8 Å². The minimum absolute atomic E-state index is 0.323. The van der Waals surface area contributed by atoms with Gasteiger partial charge in [0.05, 0.1) is 5.56 Å². The molecule has 2 N–H and O–H groups in total. The highest BCUT2D eigenvalue weighted by molar-refractivity contribution is 7.84. The van der Waals surface area contributed by atoms with Gasteiger partial charge in [-0.1, -0.05) is 6.92 Å². The van der Waals surface area contributed by atoms with Crippen LogP contribution in [-0.2, 0) is 15.6 Å². The summed E-state index contributed by atoms with van der Waals surface area (Å²) in [4.78, 5) is 26.1. The summed E-state index contributed by atoms with van der Waals surface area (Å²) in [5.74, 6) is -0.417. The zero-order valence-corrected chi connectivity index (χ0v) is 11.9. The number of carboxylic acid groups (broad SMARTS) is 1. The lowest BCUT2D eigenvalue weighted by molar-refractivity contribution is -0.131.